The topological polar surface area (TPSA) is 168 Å². The molecule has 0 saturated heterocycles. The number of anilines is 1. The van der Waals surface area contributed by atoms with E-state index in [4.69, 9.17) is 14.2 Å². The monoisotopic (exact) mass is 703 g/mol. The third kappa shape index (κ3) is 6.79. The predicted molar refractivity (Wildman–Crippen MR) is 185 cm³/mol. The number of ether oxygens (including phenoxy) is 3. The van der Waals surface area contributed by atoms with E-state index in [9.17, 15) is 33.4 Å². The molecule has 0 atom stereocenters. The lowest BCUT2D eigenvalue weighted by molar-refractivity contribution is -0.396. The molecule has 3 aromatic rings. The van der Waals surface area contributed by atoms with Crippen molar-refractivity contribution in [3.8, 4) is 5.75 Å². The van der Waals surface area contributed by atoms with Gasteiger partial charge in [0.2, 0.25) is 0 Å². The lowest BCUT2D eigenvalue weighted by Crippen LogP contribution is -2.40. The summed E-state index contributed by atoms with van der Waals surface area (Å²) in [4.78, 5) is 32.2. The molecule has 13 nitrogen and oxygen atoms in total. The van der Waals surface area contributed by atoms with Crippen molar-refractivity contribution in [3.05, 3.63) is 109 Å². The molecule has 7 rings (SSSR count). The highest BCUT2D eigenvalue weighted by molar-refractivity contribution is 7.93. The molecule has 0 amide bonds. The van der Waals surface area contributed by atoms with Crippen LogP contribution in [-0.2, 0) is 30.9 Å². The van der Waals surface area contributed by atoms with Crippen molar-refractivity contribution < 1.29 is 37.3 Å². The molecule has 50 heavy (non-hydrogen) atoms. The number of hydrogen-bond acceptors (Lipinski definition) is 10. The van der Waals surface area contributed by atoms with Crippen molar-refractivity contribution in [1.82, 2.24) is 0 Å². The van der Waals surface area contributed by atoms with Crippen LogP contribution in [0.25, 0.3) is 11.8 Å². The first kappa shape index (κ1) is 34.6. The van der Waals surface area contributed by atoms with E-state index in [0.717, 1.165) is 39.6 Å². The second-order valence-electron chi connectivity index (χ2n) is 13.0. The van der Waals surface area contributed by atoms with Crippen LogP contribution in [0.3, 0.4) is 0 Å². The Morgan fingerprint density at radius 2 is 1.54 bits per heavy atom. The summed E-state index contributed by atoms with van der Waals surface area (Å²) in [6.45, 7) is 0.0978. The van der Waals surface area contributed by atoms with E-state index in [1.807, 2.05) is 18.2 Å². The number of sulfonamides is 1. The third-order valence-electron chi connectivity index (χ3n) is 10.0. The number of nitrogens with zero attached hydrogens (tertiary/aromatic N) is 3. The number of allylic oxidation sites excluding steroid dienone is 1. The summed E-state index contributed by atoms with van der Waals surface area (Å²) in [5.74, 6) is 3.53. The molecule has 0 heterocycles. The van der Waals surface area contributed by atoms with Gasteiger partial charge in [-0.25, -0.2) is 13.2 Å². The number of rotatable bonds is 12. The van der Waals surface area contributed by atoms with Crippen LogP contribution in [0.1, 0.15) is 48.8 Å². The van der Waals surface area contributed by atoms with Crippen LogP contribution in [0.15, 0.2) is 77.2 Å². The van der Waals surface area contributed by atoms with Gasteiger partial charge >= 0.3 is 5.97 Å². The zero-order valence-electron chi connectivity index (χ0n) is 27.8. The number of nitro benzene ring substituents is 2. The van der Waals surface area contributed by atoms with Gasteiger partial charge in [0.15, 0.2) is 4.90 Å². The zero-order valence-corrected chi connectivity index (χ0v) is 28.6. The molecule has 4 bridgehead atoms. The number of benzene rings is 3. The van der Waals surface area contributed by atoms with E-state index < -0.39 is 42.1 Å². The number of methoxy groups -OCH3 is 2. The Morgan fingerprint density at radius 3 is 2.12 bits per heavy atom. The second-order valence-corrected chi connectivity index (χ2v) is 14.9. The van der Waals surface area contributed by atoms with E-state index in [0.29, 0.717) is 34.8 Å². The van der Waals surface area contributed by atoms with E-state index in [-0.39, 0.29) is 12.3 Å². The van der Waals surface area contributed by atoms with E-state index >= 15 is 0 Å². The van der Waals surface area contributed by atoms with E-state index in [2.05, 4.69) is 0 Å². The molecule has 0 unspecified atom stereocenters. The highest BCUT2D eigenvalue weighted by Crippen LogP contribution is 2.58. The van der Waals surface area contributed by atoms with Crippen LogP contribution in [0.5, 0.6) is 5.75 Å². The van der Waals surface area contributed by atoms with Crippen molar-refractivity contribution in [3.63, 3.8) is 0 Å². The first-order valence-electron chi connectivity index (χ1n) is 16.2. The number of carbonyl (C=O) groups excluding carboxylic acids is 1. The van der Waals surface area contributed by atoms with Crippen molar-refractivity contribution in [2.24, 2.45) is 23.7 Å². The summed E-state index contributed by atoms with van der Waals surface area (Å²) in [6, 6.07) is 14.5. The Kier molecular flexibility index (Phi) is 9.65. The zero-order chi connectivity index (χ0) is 35.7. The minimum absolute atomic E-state index is 0.0978. The van der Waals surface area contributed by atoms with Gasteiger partial charge in [0.05, 0.1) is 35.8 Å². The summed E-state index contributed by atoms with van der Waals surface area (Å²) in [7, 11) is -0.209. The fourth-order valence-electron chi connectivity index (χ4n) is 7.86. The molecule has 4 fully saturated rings. The van der Waals surface area contributed by atoms with Crippen LogP contribution in [0.2, 0.25) is 0 Å². The molecule has 14 heteroatoms. The molecule has 4 saturated carbocycles. The first-order chi connectivity index (χ1) is 23.9. The SMILES string of the molecule is COC(=O)/C=C/c1ccc(C(OC)=C2C3CC4CC(C3)CC2C4)cc1OCc1ccc(N(C)S(=O)(=O)c2ccc([N+](=O)[O-])cc2[N+](=O)[O-])cc1. The molecular weight excluding hydrogens is 666 g/mol. The second kappa shape index (κ2) is 13.9. The molecular formula is C36H37N3O10S. The molecule has 0 spiro atoms. The quantitative estimate of drug-likeness (QED) is 0.0636. The normalized spacial score (nSPS) is 20.8. The van der Waals surface area contributed by atoms with Gasteiger partial charge in [-0.2, -0.15) is 0 Å². The van der Waals surface area contributed by atoms with Crippen LogP contribution < -0.4 is 9.04 Å². The number of hydrogen-bond donors (Lipinski definition) is 0. The average molecular weight is 704 g/mol. The van der Waals surface area contributed by atoms with Gasteiger partial charge < -0.3 is 14.2 Å². The van der Waals surface area contributed by atoms with Crippen LogP contribution in [0.4, 0.5) is 17.1 Å². The average Bonchev–Trinajstić information content (AvgIpc) is 3.10. The van der Waals surface area contributed by atoms with Gasteiger partial charge in [-0.15, -0.1) is 0 Å². The number of non-ortho nitro benzene ring substituents is 1. The maximum absolute atomic E-state index is 13.4. The third-order valence-corrected chi connectivity index (χ3v) is 11.9. The minimum Gasteiger partial charge on any atom is -0.496 e. The van der Waals surface area contributed by atoms with Crippen LogP contribution >= 0.6 is 0 Å². The van der Waals surface area contributed by atoms with Gasteiger partial charge in [0.25, 0.3) is 21.4 Å². The van der Waals surface area contributed by atoms with Gasteiger partial charge in [0, 0.05) is 30.3 Å². The molecule has 262 valence electrons. The first-order valence-corrected chi connectivity index (χ1v) is 17.7. The van der Waals surface area contributed by atoms with E-state index in [1.54, 1.807) is 25.3 Å². The van der Waals surface area contributed by atoms with Crippen molar-refractivity contribution in [2.45, 2.75) is 43.6 Å². The lowest BCUT2D eigenvalue weighted by Gasteiger charge is -2.51. The highest BCUT2D eigenvalue weighted by atomic mass is 32.2. The number of nitro groups is 2. The minimum atomic E-state index is -4.45. The smallest absolute Gasteiger partial charge is 0.330 e. The molecule has 0 radical (unpaired) electrons. The maximum atomic E-state index is 13.4. The molecule has 3 aromatic carbocycles. The van der Waals surface area contributed by atoms with Gasteiger partial charge in [-0.1, -0.05) is 24.3 Å². The molecule has 0 N–H and O–H groups in total. The Morgan fingerprint density at radius 1 is 0.880 bits per heavy atom. The highest BCUT2D eigenvalue weighted by Gasteiger charge is 2.46. The summed E-state index contributed by atoms with van der Waals surface area (Å²) < 4.78 is 44.8. The molecule has 4 aliphatic carbocycles. The fourth-order valence-corrected chi connectivity index (χ4v) is 9.19. The molecule has 0 aromatic heterocycles. The Hall–Kier alpha value is -5.24. The summed E-state index contributed by atoms with van der Waals surface area (Å²) in [5, 5.41) is 22.7. The van der Waals surface area contributed by atoms with Crippen LogP contribution in [0, 0.1) is 43.9 Å². The molecule has 4 aliphatic rings. The van der Waals surface area contributed by atoms with Crippen LogP contribution in [-0.4, -0.2) is 45.5 Å². The van der Waals surface area contributed by atoms with Crippen molar-refractivity contribution >= 4 is 44.9 Å². The Balaban J connectivity index is 1.25. The summed E-state index contributed by atoms with van der Waals surface area (Å²) in [5.41, 5.74) is 2.35. The Bertz CT molecular complexity index is 1980. The fraction of sp³-hybridized carbons (Fsp3) is 0.361. The summed E-state index contributed by atoms with van der Waals surface area (Å²) >= 11 is 0. The number of carbonyl (C=O) groups is 1. The van der Waals surface area contributed by atoms with Gasteiger partial charge in [-0.05, 0) is 97.3 Å². The number of esters is 1. The van der Waals surface area contributed by atoms with Crippen molar-refractivity contribution in [2.75, 3.05) is 25.6 Å². The van der Waals surface area contributed by atoms with E-state index in [1.165, 1.54) is 70.0 Å². The van der Waals surface area contributed by atoms with Gasteiger partial charge in [0.1, 0.15) is 18.1 Å². The lowest BCUT2D eigenvalue weighted by atomic mass is 9.54. The van der Waals surface area contributed by atoms with Gasteiger partial charge in [-0.3, -0.25) is 24.5 Å². The predicted octanol–water partition coefficient (Wildman–Crippen LogP) is 6.91. The maximum Gasteiger partial charge on any atom is 0.330 e. The largest absolute Gasteiger partial charge is 0.496 e. The Labute approximate surface area is 289 Å². The van der Waals surface area contributed by atoms with Crippen molar-refractivity contribution in [1.29, 1.82) is 0 Å². The molecule has 0 aliphatic heterocycles. The summed E-state index contributed by atoms with van der Waals surface area (Å²) in [6.07, 6.45) is 9.09. The standard InChI is InChI=1S/C36H37N3O10S/c1-37(50(45,46)33-12-11-30(38(41)42)20-31(33)39(43)44)29-9-4-22(5-10-29)21-49-32-19-26(7-6-25(32)8-13-34(40)47-2)36(48-3)35-27-15-23-14-24(17-27)18-28(35)16-23/h4-13,19-20,23-24,27-28H,14-18,21H2,1-3H3/b13-8+,36-35?.